The van der Waals surface area contributed by atoms with Crippen molar-refractivity contribution >= 4 is 12.3 Å². The zero-order valence-corrected chi connectivity index (χ0v) is 15.0. The molecule has 0 bridgehead atoms. The van der Waals surface area contributed by atoms with Crippen LogP contribution in [0, 0.1) is 11.3 Å². The van der Waals surface area contributed by atoms with E-state index in [9.17, 15) is 9.59 Å². The normalized spacial score (nSPS) is 31.6. The van der Waals surface area contributed by atoms with Crippen LogP contribution in [0.25, 0.3) is 0 Å². The average molecular weight is 330 g/mol. The smallest absolute Gasteiger partial charge is 0.311 e. The number of methoxy groups -OCH3 is 2. The van der Waals surface area contributed by atoms with E-state index >= 15 is 0 Å². The molecule has 2 aliphatic rings. The summed E-state index contributed by atoms with van der Waals surface area (Å²) in [6, 6.07) is 3.99. The third kappa shape index (κ3) is 2.27. The van der Waals surface area contributed by atoms with Gasteiger partial charge in [0.2, 0.25) is 0 Å². The summed E-state index contributed by atoms with van der Waals surface area (Å²) in [4.78, 5) is 23.9. The third-order valence-electron chi connectivity index (χ3n) is 6.48. The molecular weight excluding hydrogens is 304 g/mol. The van der Waals surface area contributed by atoms with Crippen LogP contribution < -0.4 is 4.74 Å². The van der Waals surface area contributed by atoms with E-state index in [1.54, 1.807) is 7.11 Å². The van der Waals surface area contributed by atoms with Gasteiger partial charge in [0, 0.05) is 0 Å². The first kappa shape index (κ1) is 17.0. The summed E-state index contributed by atoms with van der Waals surface area (Å²) in [7, 11) is 3.08. The first-order valence-electron chi connectivity index (χ1n) is 8.65. The topological polar surface area (TPSA) is 52.6 Å². The maximum atomic E-state index is 12.5. The molecule has 130 valence electrons. The SMILES string of the molecule is COC(=O)[C@@]1(C)CCC[C@]2(C)c3cc(OC)c(C=O)cc3CC[C@@H]12. The summed E-state index contributed by atoms with van der Waals surface area (Å²) in [5.74, 6) is 0.764. The number of carbonyl (C=O) groups excluding carboxylic acids is 2. The number of benzene rings is 1. The fourth-order valence-corrected chi connectivity index (χ4v) is 5.26. The standard InChI is InChI=1S/C20H26O4/c1-19-8-5-9-20(2,18(22)24-4)17(19)7-6-13-10-14(12-21)16(23-3)11-15(13)19/h10-12,17H,5-9H2,1-4H3/t17-,19-,20+/m1/s1. The quantitative estimate of drug-likeness (QED) is 0.626. The van der Waals surface area contributed by atoms with Gasteiger partial charge in [-0.15, -0.1) is 0 Å². The molecule has 0 heterocycles. The first-order chi connectivity index (χ1) is 11.4. The molecule has 1 fully saturated rings. The van der Waals surface area contributed by atoms with Crippen molar-refractivity contribution < 1.29 is 19.1 Å². The second-order valence-electron chi connectivity index (χ2n) is 7.64. The molecule has 0 N–H and O–H groups in total. The van der Waals surface area contributed by atoms with Gasteiger partial charge in [-0.05, 0) is 67.2 Å². The van der Waals surface area contributed by atoms with E-state index < -0.39 is 5.41 Å². The Bertz CT molecular complexity index is 680. The van der Waals surface area contributed by atoms with Crippen molar-refractivity contribution in [2.24, 2.45) is 11.3 Å². The molecule has 0 spiro atoms. The average Bonchev–Trinajstić information content (AvgIpc) is 2.59. The van der Waals surface area contributed by atoms with Gasteiger partial charge in [-0.1, -0.05) is 13.3 Å². The predicted molar refractivity (Wildman–Crippen MR) is 91.5 cm³/mol. The molecule has 1 saturated carbocycles. The largest absolute Gasteiger partial charge is 0.496 e. The van der Waals surface area contributed by atoms with Gasteiger partial charge < -0.3 is 9.47 Å². The van der Waals surface area contributed by atoms with Crippen LogP contribution in [-0.4, -0.2) is 26.5 Å². The predicted octanol–water partition coefficient (Wildman–Crippen LogP) is 3.69. The summed E-state index contributed by atoms with van der Waals surface area (Å²) < 4.78 is 10.6. The fraction of sp³-hybridized carbons (Fsp3) is 0.600. The molecule has 3 atom stereocenters. The van der Waals surface area contributed by atoms with Gasteiger partial charge in [0.25, 0.3) is 0 Å². The molecule has 0 amide bonds. The number of hydrogen-bond acceptors (Lipinski definition) is 4. The van der Waals surface area contributed by atoms with Crippen molar-refractivity contribution in [1.29, 1.82) is 0 Å². The summed E-state index contributed by atoms with van der Waals surface area (Å²) >= 11 is 0. The third-order valence-corrected chi connectivity index (χ3v) is 6.48. The Labute approximate surface area is 143 Å². The molecule has 4 nitrogen and oxygen atoms in total. The number of aldehydes is 1. The molecule has 0 aromatic heterocycles. The van der Waals surface area contributed by atoms with Crippen molar-refractivity contribution in [1.82, 2.24) is 0 Å². The van der Waals surface area contributed by atoms with E-state index in [4.69, 9.17) is 9.47 Å². The minimum atomic E-state index is -0.448. The Hall–Kier alpha value is -1.84. The highest BCUT2D eigenvalue weighted by Gasteiger charge is 2.55. The van der Waals surface area contributed by atoms with Crippen LogP contribution in [0.1, 0.15) is 61.0 Å². The van der Waals surface area contributed by atoms with Crippen LogP contribution in [0.5, 0.6) is 5.75 Å². The maximum Gasteiger partial charge on any atom is 0.311 e. The maximum absolute atomic E-state index is 12.5. The Kier molecular flexibility index (Phi) is 4.18. The fourth-order valence-electron chi connectivity index (χ4n) is 5.26. The zero-order valence-electron chi connectivity index (χ0n) is 15.0. The highest BCUT2D eigenvalue weighted by molar-refractivity contribution is 5.81. The van der Waals surface area contributed by atoms with E-state index in [2.05, 4.69) is 13.8 Å². The lowest BCUT2D eigenvalue weighted by Gasteiger charge is -2.54. The molecule has 2 aliphatic carbocycles. The van der Waals surface area contributed by atoms with Crippen LogP contribution in [0.3, 0.4) is 0 Å². The van der Waals surface area contributed by atoms with E-state index in [1.165, 1.54) is 18.2 Å². The number of rotatable bonds is 3. The molecule has 0 unspecified atom stereocenters. The lowest BCUT2D eigenvalue weighted by molar-refractivity contribution is -0.161. The Morgan fingerprint density at radius 2 is 2.00 bits per heavy atom. The number of hydrogen-bond donors (Lipinski definition) is 0. The molecular formula is C20H26O4. The highest BCUT2D eigenvalue weighted by Crippen LogP contribution is 2.58. The Morgan fingerprint density at radius 3 is 2.62 bits per heavy atom. The first-order valence-corrected chi connectivity index (χ1v) is 8.65. The summed E-state index contributed by atoms with van der Waals surface area (Å²) in [5.41, 5.74) is 2.51. The van der Waals surface area contributed by atoms with Gasteiger partial charge in [-0.3, -0.25) is 9.59 Å². The molecule has 4 heteroatoms. The van der Waals surface area contributed by atoms with Crippen molar-refractivity contribution in [2.75, 3.05) is 14.2 Å². The summed E-state index contributed by atoms with van der Waals surface area (Å²) in [6.07, 6.45) is 5.59. The summed E-state index contributed by atoms with van der Waals surface area (Å²) in [5, 5.41) is 0. The second-order valence-corrected chi connectivity index (χ2v) is 7.64. The van der Waals surface area contributed by atoms with Crippen molar-refractivity contribution in [3.8, 4) is 5.75 Å². The highest BCUT2D eigenvalue weighted by atomic mass is 16.5. The molecule has 3 rings (SSSR count). The lowest BCUT2D eigenvalue weighted by Crippen LogP contribution is -2.52. The summed E-state index contributed by atoms with van der Waals surface area (Å²) in [6.45, 7) is 4.32. The monoisotopic (exact) mass is 330 g/mol. The molecule has 0 saturated heterocycles. The van der Waals surface area contributed by atoms with Gasteiger partial charge in [0.15, 0.2) is 6.29 Å². The van der Waals surface area contributed by atoms with Gasteiger partial charge in [-0.2, -0.15) is 0 Å². The van der Waals surface area contributed by atoms with Crippen LogP contribution in [-0.2, 0) is 21.4 Å². The lowest BCUT2D eigenvalue weighted by atomic mass is 9.49. The van der Waals surface area contributed by atoms with Gasteiger partial charge in [-0.25, -0.2) is 0 Å². The number of esters is 1. The van der Waals surface area contributed by atoms with Crippen LogP contribution in [0.15, 0.2) is 12.1 Å². The molecule has 1 aromatic carbocycles. The molecule has 24 heavy (non-hydrogen) atoms. The van der Waals surface area contributed by atoms with E-state index in [-0.39, 0.29) is 17.3 Å². The second kappa shape index (κ2) is 5.91. The number of aryl methyl sites for hydroxylation is 1. The van der Waals surface area contributed by atoms with Crippen molar-refractivity contribution in [3.63, 3.8) is 0 Å². The van der Waals surface area contributed by atoms with Crippen LogP contribution in [0.4, 0.5) is 0 Å². The number of carbonyl (C=O) groups is 2. The van der Waals surface area contributed by atoms with Gasteiger partial charge in [0.05, 0.1) is 25.2 Å². The van der Waals surface area contributed by atoms with Crippen LogP contribution in [0.2, 0.25) is 0 Å². The van der Waals surface area contributed by atoms with E-state index in [0.29, 0.717) is 11.3 Å². The van der Waals surface area contributed by atoms with Crippen molar-refractivity contribution in [2.45, 2.75) is 51.4 Å². The minimum Gasteiger partial charge on any atom is -0.496 e. The number of ether oxygens (including phenoxy) is 2. The zero-order chi connectivity index (χ0) is 17.5. The van der Waals surface area contributed by atoms with Gasteiger partial charge in [0.1, 0.15) is 5.75 Å². The van der Waals surface area contributed by atoms with Crippen molar-refractivity contribution in [3.05, 3.63) is 28.8 Å². The molecule has 1 aromatic rings. The molecule has 0 aliphatic heterocycles. The van der Waals surface area contributed by atoms with Crippen LogP contribution >= 0.6 is 0 Å². The van der Waals surface area contributed by atoms with E-state index in [0.717, 1.165) is 38.4 Å². The van der Waals surface area contributed by atoms with E-state index in [1.807, 2.05) is 12.1 Å². The van der Waals surface area contributed by atoms with Gasteiger partial charge >= 0.3 is 5.97 Å². The Morgan fingerprint density at radius 1 is 1.25 bits per heavy atom. The Balaban J connectivity index is 2.13. The minimum absolute atomic E-state index is 0.0938. The number of fused-ring (bicyclic) bond motifs is 3. The molecule has 0 radical (unpaired) electrons.